The number of aliphatic carboxylic acids is 1. The molecule has 0 atom stereocenters. The van der Waals surface area contributed by atoms with Gasteiger partial charge >= 0.3 is 29.6 Å². The minimum absolute atomic E-state index is 0. The van der Waals surface area contributed by atoms with Crippen molar-refractivity contribution in [3.05, 3.63) is 24.2 Å². The fraction of sp³-hybridized carbons (Fsp3) is 0.364. The average molecular weight is 274 g/mol. The van der Waals surface area contributed by atoms with Gasteiger partial charge in [0.15, 0.2) is 5.76 Å². The third-order valence-electron chi connectivity index (χ3n) is 2.76. The third-order valence-corrected chi connectivity index (χ3v) is 2.76. The Labute approximate surface area is 131 Å². The number of carboxylic acid groups (broad SMARTS) is 1. The van der Waals surface area contributed by atoms with Crippen LogP contribution in [0.3, 0.4) is 0 Å². The smallest absolute Gasteiger partial charge is 0.540 e. The molecule has 1 fully saturated rings. The Morgan fingerprint density at radius 1 is 1.11 bits per heavy atom. The van der Waals surface area contributed by atoms with Crippen LogP contribution < -0.4 is 34.7 Å². The normalized spacial score (nSPS) is 14.7. The van der Waals surface area contributed by atoms with Gasteiger partial charge in [-0.15, -0.1) is 0 Å². The van der Waals surface area contributed by atoms with Gasteiger partial charge in [-0.3, -0.25) is 9.59 Å². The Morgan fingerprint density at radius 3 is 2.16 bits per heavy atom. The SMILES string of the molecule is O=C([O-])C(=O)N1CCN(C(=O)c2ccco2)CC1.[Na+]. The van der Waals surface area contributed by atoms with E-state index in [-0.39, 0.29) is 67.4 Å². The fourth-order valence-corrected chi connectivity index (χ4v) is 1.80. The van der Waals surface area contributed by atoms with Crippen LogP contribution in [0.2, 0.25) is 0 Å². The molecule has 8 heteroatoms. The van der Waals surface area contributed by atoms with Gasteiger partial charge in [0.1, 0.15) is 5.97 Å². The van der Waals surface area contributed by atoms with Crippen molar-refractivity contribution in [2.45, 2.75) is 0 Å². The summed E-state index contributed by atoms with van der Waals surface area (Å²) in [5.41, 5.74) is 0. The largest absolute Gasteiger partial charge is 1.00 e. The Hall–Kier alpha value is -1.31. The van der Waals surface area contributed by atoms with Crippen molar-refractivity contribution in [3.63, 3.8) is 0 Å². The van der Waals surface area contributed by atoms with E-state index in [1.807, 2.05) is 0 Å². The van der Waals surface area contributed by atoms with Crippen molar-refractivity contribution >= 4 is 17.8 Å². The van der Waals surface area contributed by atoms with Crippen LogP contribution in [0, 0.1) is 0 Å². The quantitative estimate of drug-likeness (QED) is 0.379. The van der Waals surface area contributed by atoms with Crippen LogP contribution in [0.4, 0.5) is 0 Å². The number of hydrogen-bond donors (Lipinski definition) is 0. The number of hydrogen-bond acceptors (Lipinski definition) is 5. The Morgan fingerprint density at radius 2 is 1.68 bits per heavy atom. The van der Waals surface area contributed by atoms with Gasteiger partial charge < -0.3 is 24.1 Å². The molecule has 7 nitrogen and oxygen atoms in total. The van der Waals surface area contributed by atoms with Crippen molar-refractivity contribution in [1.29, 1.82) is 0 Å². The molecule has 1 aliphatic heterocycles. The first-order valence-corrected chi connectivity index (χ1v) is 5.42. The van der Waals surface area contributed by atoms with Crippen molar-refractivity contribution in [2.24, 2.45) is 0 Å². The average Bonchev–Trinajstić information content (AvgIpc) is 2.91. The van der Waals surface area contributed by atoms with E-state index in [0.717, 1.165) is 4.90 Å². The molecule has 0 unspecified atom stereocenters. The number of piperazine rings is 1. The topological polar surface area (TPSA) is 93.9 Å². The van der Waals surface area contributed by atoms with Crippen LogP contribution in [0.5, 0.6) is 0 Å². The molecule has 2 amide bonds. The zero-order valence-corrected chi connectivity index (χ0v) is 12.5. The molecule has 0 N–H and O–H groups in total. The summed E-state index contributed by atoms with van der Waals surface area (Å²) in [6.07, 6.45) is 1.41. The molecule has 1 aliphatic rings. The van der Waals surface area contributed by atoms with Crippen molar-refractivity contribution in [2.75, 3.05) is 26.2 Å². The molecule has 0 spiro atoms. The molecule has 19 heavy (non-hydrogen) atoms. The standard InChI is InChI=1S/C11H12N2O5.Na/c14-9(8-2-1-7-18-8)12-3-5-13(6-4-12)10(15)11(16)17;/h1-2,7H,3-6H2,(H,16,17);/q;+1/p-1. The summed E-state index contributed by atoms with van der Waals surface area (Å²) in [4.78, 5) is 36.1. The van der Waals surface area contributed by atoms with E-state index in [4.69, 9.17) is 4.42 Å². The first-order chi connectivity index (χ1) is 8.59. The summed E-state index contributed by atoms with van der Waals surface area (Å²) in [6.45, 7) is 0.912. The molecule has 1 aromatic heterocycles. The van der Waals surface area contributed by atoms with Gasteiger partial charge in [-0.25, -0.2) is 0 Å². The van der Waals surface area contributed by atoms with Crippen molar-refractivity contribution in [1.82, 2.24) is 9.80 Å². The van der Waals surface area contributed by atoms with Crippen molar-refractivity contribution in [3.8, 4) is 0 Å². The van der Waals surface area contributed by atoms with Gasteiger partial charge in [0.25, 0.3) is 11.8 Å². The Balaban J connectivity index is 0.00000180. The van der Waals surface area contributed by atoms with E-state index in [0.29, 0.717) is 0 Å². The molecular weight excluding hydrogens is 263 g/mol. The fourth-order valence-electron chi connectivity index (χ4n) is 1.80. The van der Waals surface area contributed by atoms with Crippen LogP contribution >= 0.6 is 0 Å². The first kappa shape index (κ1) is 15.7. The molecule has 2 heterocycles. The number of carboxylic acids is 1. The molecule has 1 aromatic rings. The minimum atomic E-state index is -1.72. The summed E-state index contributed by atoms with van der Waals surface area (Å²) < 4.78 is 4.99. The summed E-state index contributed by atoms with van der Waals surface area (Å²) >= 11 is 0. The number of carbonyl (C=O) groups is 3. The Kier molecular flexibility index (Phi) is 5.59. The number of amides is 2. The second-order valence-corrected chi connectivity index (χ2v) is 3.85. The monoisotopic (exact) mass is 274 g/mol. The number of rotatable bonds is 1. The molecule has 0 aromatic carbocycles. The van der Waals surface area contributed by atoms with E-state index in [1.165, 1.54) is 11.2 Å². The summed E-state index contributed by atoms with van der Waals surface area (Å²) in [5.74, 6) is -2.80. The second-order valence-electron chi connectivity index (χ2n) is 3.85. The predicted molar refractivity (Wildman–Crippen MR) is 56.2 cm³/mol. The molecule has 0 saturated carbocycles. The maximum atomic E-state index is 11.9. The first-order valence-electron chi connectivity index (χ1n) is 5.42. The third kappa shape index (κ3) is 3.59. The molecule has 0 bridgehead atoms. The summed E-state index contributed by atoms with van der Waals surface area (Å²) in [5, 5.41) is 10.4. The maximum absolute atomic E-state index is 11.9. The Bertz CT molecular complexity index is 465. The second kappa shape index (κ2) is 6.74. The van der Waals surface area contributed by atoms with Crippen LogP contribution in [0.15, 0.2) is 22.8 Å². The van der Waals surface area contributed by atoms with Gasteiger partial charge in [-0.1, -0.05) is 0 Å². The number of furan rings is 1. The molecule has 0 radical (unpaired) electrons. The molecular formula is C11H11N2NaO5. The molecule has 0 aliphatic carbocycles. The summed E-state index contributed by atoms with van der Waals surface area (Å²) in [7, 11) is 0. The van der Waals surface area contributed by atoms with Gasteiger partial charge in [-0.2, -0.15) is 0 Å². The van der Waals surface area contributed by atoms with Gasteiger partial charge in [0, 0.05) is 26.2 Å². The maximum Gasteiger partial charge on any atom is 1.00 e. The zero-order chi connectivity index (χ0) is 13.1. The van der Waals surface area contributed by atoms with E-state index < -0.39 is 11.9 Å². The minimum Gasteiger partial charge on any atom is -0.540 e. The van der Waals surface area contributed by atoms with Crippen LogP contribution in [-0.2, 0) is 9.59 Å². The predicted octanol–water partition coefficient (Wildman–Crippen LogP) is -4.68. The van der Waals surface area contributed by atoms with Crippen LogP contribution in [-0.4, -0.2) is 53.8 Å². The van der Waals surface area contributed by atoms with E-state index in [2.05, 4.69) is 0 Å². The van der Waals surface area contributed by atoms with E-state index >= 15 is 0 Å². The summed E-state index contributed by atoms with van der Waals surface area (Å²) in [6, 6.07) is 3.17. The number of carbonyl (C=O) groups excluding carboxylic acids is 3. The molecule has 96 valence electrons. The van der Waals surface area contributed by atoms with E-state index in [9.17, 15) is 19.5 Å². The molecule has 2 rings (SSSR count). The number of nitrogens with zero attached hydrogens (tertiary/aromatic N) is 2. The van der Waals surface area contributed by atoms with Gasteiger partial charge in [0.05, 0.1) is 6.26 Å². The van der Waals surface area contributed by atoms with Crippen LogP contribution in [0.1, 0.15) is 10.6 Å². The van der Waals surface area contributed by atoms with E-state index in [1.54, 1.807) is 12.1 Å². The van der Waals surface area contributed by atoms with Crippen molar-refractivity contribution < 1.29 is 53.5 Å². The van der Waals surface area contributed by atoms with Crippen LogP contribution in [0.25, 0.3) is 0 Å². The van der Waals surface area contributed by atoms with Gasteiger partial charge in [-0.05, 0) is 12.1 Å². The van der Waals surface area contributed by atoms with Gasteiger partial charge in [0.2, 0.25) is 0 Å². The molecule has 1 saturated heterocycles. The zero-order valence-electron chi connectivity index (χ0n) is 10.5.